The van der Waals surface area contributed by atoms with Crippen LogP contribution in [0.15, 0.2) is 24.3 Å². The highest BCUT2D eigenvalue weighted by Gasteiger charge is 2.00. The van der Waals surface area contributed by atoms with Crippen molar-refractivity contribution in [1.82, 2.24) is 10.2 Å². The van der Waals surface area contributed by atoms with Crippen molar-refractivity contribution in [3.63, 3.8) is 0 Å². The highest BCUT2D eigenvalue weighted by Crippen LogP contribution is 2.16. The van der Waals surface area contributed by atoms with Crippen LogP contribution in [0.25, 0.3) is 10.9 Å². The van der Waals surface area contributed by atoms with Gasteiger partial charge >= 0.3 is 0 Å². The van der Waals surface area contributed by atoms with Crippen LogP contribution in [0, 0.1) is 13.8 Å². The first-order chi connectivity index (χ1) is 5.79. The van der Waals surface area contributed by atoms with E-state index in [1.807, 2.05) is 25.1 Å². The summed E-state index contributed by atoms with van der Waals surface area (Å²) < 4.78 is 0. The van der Waals surface area contributed by atoms with Gasteiger partial charge in [0.25, 0.3) is 0 Å². The quantitative estimate of drug-likeness (QED) is 0.587. The van der Waals surface area contributed by atoms with Crippen molar-refractivity contribution in [2.75, 3.05) is 0 Å². The third-order valence-corrected chi connectivity index (χ3v) is 2.16. The summed E-state index contributed by atoms with van der Waals surface area (Å²) in [4.78, 5) is 0. The van der Waals surface area contributed by atoms with Gasteiger partial charge in [-0.15, -0.1) is 0 Å². The maximum Gasteiger partial charge on any atom is 0.0932 e. The van der Waals surface area contributed by atoms with E-state index in [-0.39, 0.29) is 0 Å². The number of aromatic nitrogens is 2. The first-order valence-electron chi connectivity index (χ1n) is 3.97. The van der Waals surface area contributed by atoms with E-state index in [0.717, 1.165) is 11.2 Å². The molecule has 2 heteroatoms. The van der Waals surface area contributed by atoms with Crippen LogP contribution in [0.5, 0.6) is 0 Å². The molecule has 0 amide bonds. The van der Waals surface area contributed by atoms with Gasteiger partial charge in [-0.3, -0.25) is 0 Å². The molecule has 0 aliphatic carbocycles. The van der Waals surface area contributed by atoms with E-state index in [1.54, 1.807) is 0 Å². The summed E-state index contributed by atoms with van der Waals surface area (Å²) >= 11 is 0. The van der Waals surface area contributed by atoms with Crippen molar-refractivity contribution in [2.24, 2.45) is 0 Å². The van der Waals surface area contributed by atoms with Crippen LogP contribution in [0.3, 0.4) is 0 Å². The molecule has 12 heavy (non-hydrogen) atoms. The standard InChI is InChI=1S/C10H10N2/c1-7-8(2)11-12-10-6-4-3-5-9(7)10/h3-6H,1-2H3. The Labute approximate surface area is 71.3 Å². The maximum atomic E-state index is 4.09. The predicted molar refractivity (Wildman–Crippen MR) is 49.0 cm³/mol. The Morgan fingerprint density at radius 2 is 1.75 bits per heavy atom. The van der Waals surface area contributed by atoms with Crippen molar-refractivity contribution in [3.8, 4) is 0 Å². The predicted octanol–water partition coefficient (Wildman–Crippen LogP) is 2.25. The minimum atomic E-state index is 0.973. The van der Waals surface area contributed by atoms with Crippen LogP contribution in [-0.4, -0.2) is 10.2 Å². The van der Waals surface area contributed by atoms with Gasteiger partial charge in [-0.25, -0.2) is 0 Å². The second-order valence-corrected chi connectivity index (χ2v) is 2.93. The van der Waals surface area contributed by atoms with Gasteiger partial charge in [0.2, 0.25) is 0 Å². The second kappa shape index (κ2) is 2.55. The van der Waals surface area contributed by atoms with Crippen LogP contribution in [0.2, 0.25) is 0 Å². The largest absolute Gasteiger partial charge is 0.155 e. The molecule has 0 aliphatic rings. The minimum absolute atomic E-state index is 0.973. The van der Waals surface area contributed by atoms with Crippen LogP contribution in [0.4, 0.5) is 0 Å². The van der Waals surface area contributed by atoms with Crippen LogP contribution in [0.1, 0.15) is 11.3 Å². The van der Waals surface area contributed by atoms with Gasteiger partial charge in [-0.2, -0.15) is 10.2 Å². The molecule has 0 aliphatic heterocycles. The minimum Gasteiger partial charge on any atom is -0.155 e. The molecular formula is C10H10N2. The Hall–Kier alpha value is -1.44. The summed E-state index contributed by atoms with van der Waals surface area (Å²) in [6, 6.07) is 8.06. The van der Waals surface area contributed by atoms with Gasteiger partial charge in [-0.1, -0.05) is 18.2 Å². The molecule has 1 aromatic carbocycles. The lowest BCUT2D eigenvalue weighted by Gasteiger charge is -2.01. The van der Waals surface area contributed by atoms with E-state index in [2.05, 4.69) is 23.2 Å². The molecule has 0 radical (unpaired) electrons. The van der Waals surface area contributed by atoms with E-state index < -0.39 is 0 Å². The van der Waals surface area contributed by atoms with Gasteiger partial charge in [0.05, 0.1) is 11.2 Å². The fourth-order valence-electron chi connectivity index (χ4n) is 1.28. The van der Waals surface area contributed by atoms with E-state index in [9.17, 15) is 0 Å². The molecule has 0 saturated carbocycles. The highest BCUT2D eigenvalue weighted by atomic mass is 15.1. The Morgan fingerprint density at radius 3 is 2.58 bits per heavy atom. The number of benzene rings is 1. The zero-order chi connectivity index (χ0) is 8.55. The monoisotopic (exact) mass is 158 g/mol. The van der Waals surface area contributed by atoms with E-state index in [1.165, 1.54) is 10.9 Å². The number of hydrogen-bond donors (Lipinski definition) is 0. The van der Waals surface area contributed by atoms with Crippen molar-refractivity contribution < 1.29 is 0 Å². The van der Waals surface area contributed by atoms with Crippen molar-refractivity contribution >= 4 is 10.9 Å². The van der Waals surface area contributed by atoms with E-state index in [4.69, 9.17) is 0 Å². The highest BCUT2D eigenvalue weighted by molar-refractivity contribution is 5.81. The number of fused-ring (bicyclic) bond motifs is 1. The molecule has 0 spiro atoms. The summed E-state index contributed by atoms with van der Waals surface area (Å²) in [6.07, 6.45) is 0. The molecule has 0 unspecified atom stereocenters. The molecule has 0 saturated heterocycles. The number of hydrogen-bond acceptors (Lipinski definition) is 2. The van der Waals surface area contributed by atoms with Gasteiger partial charge in [0.1, 0.15) is 0 Å². The average molecular weight is 158 g/mol. The Kier molecular flexibility index (Phi) is 1.54. The summed E-state index contributed by atoms with van der Waals surface area (Å²) in [6.45, 7) is 4.06. The smallest absolute Gasteiger partial charge is 0.0932 e. The molecule has 2 rings (SSSR count). The van der Waals surface area contributed by atoms with Gasteiger partial charge in [0.15, 0.2) is 0 Å². The topological polar surface area (TPSA) is 25.8 Å². The Bertz CT molecular complexity index is 421. The van der Waals surface area contributed by atoms with Crippen molar-refractivity contribution in [2.45, 2.75) is 13.8 Å². The van der Waals surface area contributed by atoms with Gasteiger partial charge in [-0.05, 0) is 25.5 Å². The fourth-order valence-corrected chi connectivity index (χ4v) is 1.28. The van der Waals surface area contributed by atoms with Crippen LogP contribution in [-0.2, 0) is 0 Å². The number of rotatable bonds is 0. The molecule has 0 atom stereocenters. The zero-order valence-electron chi connectivity index (χ0n) is 7.20. The SMILES string of the molecule is Cc1nnc2ccccc2c1C. The normalized spacial score (nSPS) is 10.5. The summed E-state index contributed by atoms with van der Waals surface area (Å²) in [5, 5.41) is 9.35. The molecule has 0 bridgehead atoms. The van der Waals surface area contributed by atoms with Crippen molar-refractivity contribution in [1.29, 1.82) is 0 Å². The molecule has 2 aromatic rings. The zero-order valence-corrected chi connectivity index (χ0v) is 7.20. The number of nitrogens with zero attached hydrogens (tertiary/aromatic N) is 2. The molecule has 60 valence electrons. The molecule has 1 heterocycles. The van der Waals surface area contributed by atoms with Crippen LogP contribution < -0.4 is 0 Å². The molecule has 0 fully saturated rings. The lowest BCUT2D eigenvalue weighted by molar-refractivity contribution is 1.00. The third kappa shape index (κ3) is 0.961. The third-order valence-electron chi connectivity index (χ3n) is 2.16. The molecule has 2 nitrogen and oxygen atoms in total. The summed E-state index contributed by atoms with van der Waals surface area (Å²) in [7, 11) is 0. The first-order valence-corrected chi connectivity index (χ1v) is 3.97. The lowest BCUT2D eigenvalue weighted by atomic mass is 10.1. The first kappa shape index (κ1) is 7.22. The Balaban J connectivity index is 2.91. The Morgan fingerprint density at radius 1 is 1.00 bits per heavy atom. The second-order valence-electron chi connectivity index (χ2n) is 2.93. The average Bonchev–Trinajstić information content (AvgIpc) is 2.12. The van der Waals surface area contributed by atoms with Crippen LogP contribution >= 0.6 is 0 Å². The van der Waals surface area contributed by atoms with Gasteiger partial charge in [0, 0.05) is 5.39 Å². The van der Waals surface area contributed by atoms with Gasteiger partial charge < -0.3 is 0 Å². The fraction of sp³-hybridized carbons (Fsp3) is 0.200. The molecule has 1 aromatic heterocycles. The summed E-state index contributed by atoms with van der Waals surface area (Å²) in [5.74, 6) is 0. The van der Waals surface area contributed by atoms with E-state index >= 15 is 0 Å². The summed E-state index contributed by atoms with van der Waals surface area (Å²) in [5.41, 5.74) is 3.20. The number of aryl methyl sites for hydroxylation is 2. The van der Waals surface area contributed by atoms with Crippen molar-refractivity contribution in [3.05, 3.63) is 35.5 Å². The lowest BCUT2D eigenvalue weighted by Crippen LogP contribution is -1.92. The molecular weight excluding hydrogens is 148 g/mol. The molecule has 0 N–H and O–H groups in total. The maximum absolute atomic E-state index is 4.09. The van der Waals surface area contributed by atoms with E-state index in [0.29, 0.717) is 0 Å².